The van der Waals surface area contributed by atoms with E-state index in [0.29, 0.717) is 0 Å². The summed E-state index contributed by atoms with van der Waals surface area (Å²) in [5.74, 6) is 0. The largest absolute Gasteiger partial charge is 0.314 e. The predicted molar refractivity (Wildman–Crippen MR) is 62.9 cm³/mol. The summed E-state index contributed by atoms with van der Waals surface area (Å²) >= 11 is 2.22. The summed E-state index contributed by atoms with van der Waals surface area (Å²) in [6, 6.07) is 3.48. The SMILES string of the molecule is CCCCCn1cc(I)ccc1=O. The maximum absolute atomic E-state index is 11.3. The van der Waals surface area contributed by atoms with Crippen LogP contribution in [0.3, 0.4) is 0 Å². The molecule has 2 nitrogen and oxygen atoms in total. The summed E-state index contributed by atoms with van der Waals surface area (Å²) in [5, 5.41) is 0. The van der Waals surface area contributed by atoms with E-state index < -0.39 is 0 Å². The number of pyridine rings is 1. The van der Waals surface area contributed by atoms with Gasteiger partial charge < -0.3 is 4.57 Å². The smallest absolute Gasteiger partial charge is 0.250 e. The monoisotopic (exact) mass is 291 g/mol. The van der Waals surface area contributed by atoms with E-state index in [1.807, 2.05) is 12.3 Å². The van der Waals surface area contributed by atoms with Gasteiger partial charge in [-0.2, -0.15) is 0 Å². The first-order chi connectivity index (χ1) is 6.24. The Hall–Kier alpha value is -0.320. The second-order valence-corrected chi connectivity index (χ2v) is 4.33. The van der Waals surface area contributed by atoms with Crippen molar-refractivity contribution in [3.05, 3.63) is 32.3 Å². The van der Waals surface area contributed by atoms with E-state index in [1.165, 1.54) is 12.8 Å². The van der Waals surface area contributed by atoms with Crippen molar-refractivity contribution in [1.29, 1.82) is 0 Å². The summed E-state index contributed by atoms with van der Waals surface area (Å²) in [6.07, 6.45) is 5.39. The van der Waals surface area contributed by atoms with Gasteiger partial charge in [0.15, 0.2) is 0 Å². The van der Waals surface area contributed by atoms with Crippen LogP contribution >= 0.6 is 22.6 Å². The van der Waals surface area contributed by atoms with Gasteiger partial charge in [0, 0.05) is 22.4 Å². The zero-order valence-corrected chi connectivity index (χ0v) is 9.95. The van der Waals surface area contributed by atoms with Crippen LogP contribution in [0.15, 0.2) is 23.1 Å². The Kier molecular flexibility index (Phi) is 4.48. The molecule has 0 aromatic carbocycles. The third-order valence-electron chi connectivity index (χ3n) is 1.95. The standard InChI is InChI=1S/C10H14INO/c1-2-3-4-7-12-8-9(11)5-6-10(12)13/h5-6,8H,2-4,7H2,1H3. The molecule has 0 bridgehead atoms. The second kappa shape index (κ2) is 5.42. The van der Waals surface area contributed by atoms with Gasteiger partial charge >= 0.3 is 0 Å². The highest BCUT2D eigenvalue weighted by Gasteiger charge is 1.95. The molecule has 0 spiro atoms. The van der Waals surface area contributed by atoms with Gasteiger partial charge in [-0.05, 0) is 35.1 Å². The number of unbranched alkanes of at least 4 members (excludes halogenated alkanes) is 2. The Morgan fingerprint density at radius 2 is 2.15 bits per heavy atom. The van der Waals surface area contributed by atoms with E-state index in [2.05, 4.69) is 29.5 Å². The molecular formula is C10H14INO. The predicted octanol–water partition coefficient (Wildman–Crippen LogP) is 2.64. The number of hydrogen-bond acceptors (Lipinski definition) is 1. The first kappa shape index (κ1) is 10.8. The molecule has 0 N–H and O–H groups in total. The summed E-state index contributed by atoms with van der Waals surface area (Å²) in [4.78, 5) is 11.3. The van der Waals surface area contributed by atoms with Crippen molar-refractivity contribution >= 4 is 22.6 Å². The van der Waals surface area contributed by atoms with Crippen molar-refractivity contribution in [1.82, 2.24) is 4.57 Å². The number of nitrogens with zero attached hydrogens (tertiary/aromatic N) is 1. The molecule has 1 aromatic rings. The van der Waals surface area contributed by atoms with Crippen molar-refractivity contribution in [3.8, 4) is 0 Å². The van der Waals surface area contributed by atoms with Crippen LogP contribution in [0, 0.1) is 3.57 Å². The van der Waals surface area contributed by atoms with Gasteiger partial charge in [-0.25, -0.2) is 0 Å². The van der Waals surface area contributed by atoms with Crippen LogP contribution in [0.5, 0.6) is 0 Å². The highest BCUT2D eigenvalue weighted by Crippen LogP contribution is 2.01. The Labute approximate surface area is 92.1 Å². The minimum absolute atomic E-state index is 0.108. The molecule has 0 atom stereocenters. The lowest BCUT2D eigenvalue weighted by molar-refractivity contribution is 0.586. The topological polar surface area (TPSA) is 22.0 Å². The molecule has 13 heavy (non-hydrogen) atoms. The summed E-state index contributed by atoms with van der Waals surface area (Å²) in [5.41, 5.74) is 0.108. The van der Waals surface area contributed by atoms with Crippen LogP contribution < -0.4 is 5.56 Å². The van der Waals surface area contributed by atoms with Crippen LogP contribution in [0.4, 0.5) is 0 Å². The molecule has 1 heterocycles. The lowest BCUT2D eigenvalue weighted by Gasteiger charge is -2.04. The lowest BCUT2D eigenvalue weighted by atomic mass is 10.2. The zero-order chi connectivity index (χ0) is 9.68. The molecule has 0 unspecified atom stereocenters. The lowest BCUT2D eigenvalue weighted by Crippen LogP contribution is -2.18. The van der Waals surface area contributed by atoms with E-state index in [1.54, 1.807) is 10.6 Å². The maximum atomic E-state index is 11.3. The third-order valence-corrected chi connectivity index (χ3v) is 2.59. The number of aryl methyl sites for hydroxylation is 1. The van der Waals surface area contributed by atoms with Crippen LogP contribution in [-0.2, 0) is 6.54 Å². The average molecular weight is 291 g/mol. The van der Waals surface area contributed by atoms with Crippen molar-refractivity contribution in [2.75, 3.05) is 0 Å². The molecule has 0 aliphatic rings. The fraction of sp³-hybridized carbons (Fsp3) is 0.500. The minimum atomic E-state index is 0.108. The van der Waals surface area contributed by atoms with E-state index in [9.17, 15) is 4.79 Å². The van der Waals surface area contributed by atoms with Gasteiger partial charge in [-0.3, -0.25) is 4.79 Å². The molecule has 0 saturated heterocycles. The number of halogens is 1. The fourth-order valence-corrected chi connectivity index (χ4v) is 1.73. The number of hydrogen-bond donors (Lipinski definition) is 0. The van der Waals surface area contributed by atoms with Crippen LogP contribution in [-0.4, -0.2) is 4.57 Å². The van der Waals surface area contributed by atoms with Gasteiger partial charge in [0.25, 0.3) is 5.56 Å². The molecule has 3 heteroatoms. The molecule has 1 rings (SSSR count). The summed E-state index contributed by atoms with van der Waals surface area (Å²) in [7, 11) is 0. The minimum Gasteiger partial charge on any atom is -0.314 e. The summed E-state index contributed by atoms with van der Waals surface area (Å²) < 4.78 is 2.91. The van der Waals surface area contributed by atoms with Gasteiger partial charge in [0.1, 0.15) is 0 Å². The molecule has 0 aliphatic carbocycles. The molecule has 1 aromatic heterocycles. The Morgan fingerprint density at radius 3 is 2.85 bits per heavy atom. The van der Waals surface area contributed by atoms with Gasteiger partial charge in [0.2, 0.25) is 0 Å². The third kappa shape index (κ3) is 3.50. The normalized spacial score (nSPS) is 10.3. The zero-order valence-electron chi connectivity index (χ0n) is 7.79. The second-order valence-electron chi connectivity index (χ2n) is 3.09. The molecular weight excluding hydrogens is 277 g/mol. The molecule has 0 amide bonds. The summed E-state index contributed by atoms with van der Waals surface area (Å²) in [6.45, 7) is 3.01. The van der Waals surface area contributed by atoms with Gasteiger partial charge in [-0.15, -0.1) is 0 Å². The van der Waals surface area contributed by atoms with Gasteiger partial charge in [-0.1, -0.05) is 19.8 Å². The molecule has 0 aliphatic heterocycles. The van der Waals surface area contributed by atoms with E-state index >= 15 is 0 Å². The quantitative estimate of drug-likeness (QED) is 0.617. The first-order valence-electron chi connectivity index (χ1n) is 4.60. The highest BCUT2D eigenvalue weighted by atomic mass is 127. The van der Waals surface area contributed by atoms with Crippen molar-refractivity contribution in [2.45, 2.75) is 32.7 Å². The van der Waals surface area contributed by atoms with Crippen molar-refractivity contribution in [3.63, 3.8) is 0 Å². The average Bonchev–Trinajstić information content (AvgIpc) is 2.11. The van der Waals surface area contributed by atoms with E-state index in [-0.39, 0.29) is 5.56 Å². The molecule has 72 valence electrons. The van der Waals surface area contributed by atoms with Crippen molar-refractivity contribution in [2.24, 2.45) is 0 Å². The Morgan fingerprint density at radius 1 is 1.38 bits per heavy atom. The molecule has 0 fully saturated rings. The first-order valence-corrected chi connectivity index (χ1v) is 5.68. The van der Waals surface area contributed by atoms with Crippen LogP contribution in [0.2, 0.25) is 0 Å². The van der Waals surface area contributed by atoms with Gasteiger partial charge in [0.05, 0.1) is 0 Å². The Bertz CT molecular complexity index is 319. The number of rotatable bonds is 4. The van der Waals surface area contributed by atoms with Crippen molar-refractivity contribution < 1.29 is 0 Å². The van der Waals surface area contributed by atoms with Crippen LogP contribution in [0.1, 0.15) is 26.2 Å². The Balaban J connectivity index is 2.65. The van der Waals surface area contributed by atoms with E-state index in [0.717, 1.165) is 16.5 Å². The van der Waals surface area contributed by atoms with E-state index in [4.69, 9.17) is 0 Å². The maximum Gasteiger partial charge on any atom is 0.250 e. The molecule has 0 radical (unpaired) electrons. The highest BCUT2D eigenvalue weighted by molar-refractivity contribution is 14.1. The van der Waals surface area contributed by atoms with Crippen LogP contribution in [0.25, 0.3) is 0 Å². The fourth-order valence-electron chi connectivity index (χ4n) is 1.21. The molecule has 0 saturated carbocycles. The number of aromatic nitrogens is 1.